The van der Waals surface area contributed by atoms with Crippen molar-refractivity contribution in [2.75, 3.05) is 40.3 Å². The molecule has 96 valence electrons. The zero-order chi connectivity index (χ0) is 12.7. The summed E-state index contributed by atoms with van der Waals surface area (Å²) in [6, 6.07) is 0. The van der Waals surface area contributed by atoms with Crippen LogP contribution in [0.3, 0.4) is 0 Å². The molecule has 0 aliphatic carbocycles. The minimum Gasteiger partial charge on any atom is -0.468 e. The minimum atomic E-state index is -0.660. The van der Waals surface area contributed by atoms with Crippen molar-refractivity contribution in [1.82, 2.24) is 10.2 Å². The van der Waals surface area contributed by atoms with Crippen LogP contribution in [0.1, 0.15) is 12.8 Å². The summed E-state index contributed by atoms with van der Waals surface area (Å²) in [5.41, 5.74) is 7.54. The number of rotatable bonds is 5. The van der Waals surface area contributed by atoms with Crippen molar-refractivity contribution in [2.45, 2.75) is 18.4 Å². The van der Waals surface area contributed by atoms with Crippen molar-refractivity contribution in [1.29, 1.82) is 0 Å². The lowest BCUT2D eigenvalue weighted by atomic mass is 9.89. The van der Waals surface area contributed by atoms with Gasteiger partial charge in [-0.15, -0.1) is 0 Å². The first-order valence-corrected chi connectivity index (χ1v) is 5.67. The highest BCUT2D eigenvalue weighted by Gasteiger charge is 2.41. The molecule has 0 spiro atoms. The van der Waals surface area contributed by atoms with E-state index in [1.807, 2.05) is 7.05 Å². The average Bonchev–Trinajstić information content (AvgIpc) is 2.34. The third-order valence-corrected chi connectivity index (χ3v) is 3.00. The molecule has 17 heavy (non-hydrogen) atoms. The van der Waals surface area contributed by atoms with E-state index in [9.17, 15) is 4.79 Å². The quantitative estimate of drug-likeness (QED) is 0.250. The first-order valence-electron chi connectivity index (χ1n) is 5.67. The first kappa shape index (κ1) is 13.8. The fourth-order valence-electron chi connectivity index (χ4n) is 2.24. The molecule has 1 heterocycles. The van der Waals surface area contributed by atoms with Gasteiger partial charge in [0.05, 0.1) is 7.11 Å². The number of hydrogen-bond acceptors (Lipinski definition) is 5. The van der Waals surface area contributed by atoms with E-state index >= 15 is 0 Å². The van der Waals surface area contributed by atoms with Crippen LogP contribution in [-0.2, 0) is 9.53 Å². The summed E-state index contributed by atoms with van der Waals surface area (Å²) in [4.78, 5) is 16.7. The molecular weight excluding hydrogens is 222 g/mol. The zero-order valence-corrected chi connectivity index (χ0v) is 10.3. The summed E-state index contributed by atoms with van der Waals surface area (Å²) in [6.07, 6.45) is 1.69. The predicted molar refractivity (Wildman–Crippen MR) is 63.5 cm³/mol. The van der Waals surface area contributed by atoms with Crippen molar-refractivity contribution in [2.24, 2.45) is 5.11 Å². The molecule has 7 heteroatoms. The van der Waals surface area contributed by atoms with Gasteiger partial charge in [-0.05, 0) is 32.0 Å². The first-order chi connectivity index (χ1) is 8.14. The van der Waals surface area contributed by atoms with Crippen molar-refractivity contribution in [3.63, 3.8) is 0 Å². The van der Waals surface area contributed by atoms with Crippen LogP contribution in [0.25, 0.3) is 10.4 Å². The van der Waals surface area contributed by atoms with Gasteiger partial charge in [-0.2, -0.15) is 0 Å². The van der Waals surface area contributed by atoms with Gasteiger partial charge >= 0.3 is 5.97 Å². The number of carbonyl (C=O) groups excluding carboxylic acids is 1. The molecule has 0 aromatic heterocycles. The molecule has 1 aliphatic heterocycles. The molecule has 1 aliphatic rings. The van der Waals surface area contributed by atoms with E-state index in [1.54, 1.807) is 0 Å². The second-order valence-electron chi connectivity index (χ2n) is 4.30. The third kappa shape index (κ3) is 3.59. The smallest absolute Gasteiger partial charge is 0.327 e. The summed E-state index contributed by atoms with van der Waals surface area (Å²) in [6.45, 7) is 2.42. The standard InChI is InChI=1S/C10H19N5O2/c1-15-7-3-4-10(8-15,9(16)17-2)12-5-6-13-14-11/h12H,3-8H2,1-2H3. The van der Waals surface area contributed by atoms with Crippen LogP contribution in [0.15, 0.2) is 5.11 Å². The molecule has 0 radical (unpaired) electrons. The van der Waals surface area contributed by atoms with E-state index in [0.29, 0.717) is 19.6 Å². The number of nitrogens with zero attached hydrogens (tertiary/aromatic N) is 4. The molecule has 1 atom stereocenters. The summed E-state index contributed by atoms with van der Waals surface area (Å²) >= 11 is 0. The molecule has 7 nitrogen and oxygen atoms in total. The van der Waals surface area contributed by atoms with Gasteiger partial charge in [0.15, 0.2) is 0 Å². The molecule has 1 saturated heterocycles. The second-order valence-corrected chi connectivity index (χ2v) is 4.30. The number of piperidine rings is 1. The lowest BCUT2D eigenvalue weighted by molar-refractivity contribution is -0.151. The number of nitrogens with one attached hydrogen (secondary N) is 1. The van der Waals surface area contributed by atoms with Crippen LogP contribution in [0.4, 0.5) is 0 Å². The Bertz CT molecular complexity index is 316. The van der Waals surface area contributed by atoms with Gasteiger partial charge < -0.3 is 15.0 Å². The van der Waals surface area contributed by atoms with Gasteiger partial charge in [0.2, 0.25) is 0 Å². The second kappa shape index (κ2) is 6.44. The highest BCUT2D eigenvalue weighted by Crippen LogP contribution is 2.21. The van der Waals surface area contributed by atoms with E-state index in [0.717, 1.165) is 19.4 Å². The number of carbonyl (C=O) groups is 1. The lowest BCUT2D eigenvalue weighted by Gasteiger charge is -2.39. The van der Waals surface area contributed by atoms with E-state index < -0.39 is 5.54 Å². The number of hydrogen-bond donors (Lipinski definition) is 1. The fourth-order valence-corrected chi connectivity index (χ4v) is 2.24. The number of azide groups is 1. The summed E-state index contributed by atoms with van der Waals surface area (Å²) in [5, 5.41) is 6.61. The highest BCUT2D eigenvalue weighted by atomic mass is 16.5. The highest BCUT2D eigenvalue weighted by molar-refractivity contribution is 5.81. The van der Waals surface area contributed by atoms with Crippen LogP contribution < -0.4 is 5.32 Å². The Balaban J connectivity index is 2.64. The Kier molecular flexibility index (Phi) is 5.21. The monoisotopic (exact) mass is 241 g/mol. The molecule has 0 amide bonds. The van der Waals surface area contributed by atoms with E-state index in [4.69, 9.17) is 10.3 Å². The normalized spacial score (nSPS) is 25.1. The Morgan fingerprint density at radius 2 is 2.47 bits per heavy atom. The Labute approximate surface area is 101 Å². The van der Waals surface area contributed by atoms with Crippen LogP contribution in [-0.4, -0.2) is 56.7 Å². The van der Waals surface area contributed by atoms with Gasteiger partial charge in [-0.25, -0.2) is 0 Å². The van der Waals surface area contributed by atoms with E-state index in [1.165, 1.54) is 7.11 Å². The summed E-state index contributed by atoms with van der Waals surface area (Å²) < 4.78 is 4.87. The van der Waals surface area contributed by atoms with Crippen LogP contribution >= 0.6 is 0 Å². The van der Waals surface area contributed by atoms with Crippen molar-refractivity contribution in [3.8, 4) is 0 Å². The Morgan fingerprint density at radius 3 is 3.06 bits per heavy atom. The molecule has 1 rings (SSSR count). The Hall–Kier alpha value is -1.30. The van der Waals surface area contributed by atoms with Crippen LogP contribution in [0.5, 0.6) is 0 Å². The number of esters is 1. The molecular formula is C10H19N5O2. The number of ether oxygens (including phenoxy) is 1. The average molecular weight is 241 g/mol. The van der Waals surface area contributed by atoms with Gasteiger partial charge in [0.25, 0.3) is 0 Å². The van der Waals surface area contributed by atoms with Gasteiger partial charge in [-0.1, -0.05) is 5.11 Å². The minimum absolute atomic E-state index is 0.245. The molecule has 0 aromatic carbocycles. The molecule has 1 unspecified atom stereocenters. The molecule has 0 saturated carbocycles. The SMILES string of the molecule is COC(=O)C1(NCCN=[N+]=[N-])CCCN(C)C1. The lowest BCUT2D eigenvalue weighted by Crippen LogP contribution is -2.62. The van der Waals surface area contributed by atoms with E-state index in [-0.39, 0.29) is 5.97 Å². The number of likely N-dealkylation sites (tertiary alicyclic amines) is 1. The zero-order valence-electron chi connectivity index (χ0n) is 10.3. The van der Waals surface area contributed by atoms with Crippen molar-refractivity contribution < 1.29 is 9.53 Å². The number of methoxy groups -OCH3 is 1. The Morgan fingerprint density at radius 1 is 1.71 bits per heavy atom. The predicted octanol–water partition coefficient (Wildman–Crippen LogP) is 0.524. The topological polar surface area (TPSA) is 90.3 Å². The maximum Gasteiger partial charge on any atom is 0.327 e. The fraction of sp³-hybridized carbons (Fsp3) is 0.900. The largest absolute Gasteiger partial charge is 0.468 e. The van der Waals surface area contributed by atoms with Crippen molar-refractivity contribution >= 4 is 5.97 Å². The van der Waals surface area contributed by atoms with Crippen molar-refractivity contribution in [3.05, 3.63) is 10.4 Å². The van der Waals surface area contributed by atoms with Gasteiger partial charge in [0.1, 0.15) is 5.54 Å². The van der Waals surface area contributed by atoms with Crippen LogP contribution in [0, 0.1) is 0 Å². The maximum absolute atomic E-state index is 11.9. The summed E-state index contributed by atoms with van der Waals surface area (Å²) in [7, 11) is 3.37. The van der Waals surface area contributed by atoms with Gasteiger partial charge in [-0.3, -0.25) is 4.79 Å². The molecule has 0 aromatic rings. The maximum atomic E-state index is 11.9. The molecule has 0 bridgehead atoms. The molecule has 1 N–H and O–H groups in total. The van der Waals surface area contributed by atoms with Crippen LogP contribution in [0.2, 0.25) is 0 Å². The van der Waals surface area contributed by atoms with Gasteiger partial charge in [0, 0.05) is 24.5 Å². The summed E-state index contributed by atoms with van der Waals surface area (Å²) in [5.74, 6) is -0.245. The number of likely N-dealkylation sites (N-methyl/N-ethyl adjacent to an activating group) is 1. The third-order valence-electron chi connectivity index (χ3n) is 3.00. The van der Waals surface area contributed by atoms with E-state index in [2.05, 4.69) is 20.2 Å². The molecule has 1 fully saturated rings.